The number of hydrogen-bond donors (Lipinski definition) is 1. The summed E-state index contributed by atoms with van der Waals surface area (Å²) in [5.41, 5.74) is 0. The van der Waals surface area contributed by atoms with Crippen LogP contribution >= 0.6 is 0 Å². The Labute approximate surface area is 101 Å². The Morgan fingerprint density at radius 3 is 2.00 bits per heavy atom. The molecule has 0 aromatic heterocycles. The first kappa shape index (κ1) is 24.3. The van der Waals surface area contributed by atoms with E-state index in [1.165, 1.54) is 0 Å². The lowest BCUT2D eigenvalue weighted by molar-refractivity contribution is -0.137. The molecule has 0 spiro atoms. The molecule has 0 fully saturated rings. The van der Waals surface area contributed by atoms with Crippen LogP contribution in [-0.2, 0) is 9.59 Å². The normalized spacial score (nSPS) is 7.88. The van der Waals surface area contributed by atoms with Crippen molar-refractivity contribution >= 4 is 11.9 Å². The average molecular weight is 235 g/mol. The first-order valence-electron chi connectivity index (χ1n) is 4.53. The van der Waals surface area contributed by atoms with Gasteiger partial charge in [-0.15, -0.1) is 0 Å². The van der Waals surface area contributed by atoms with Crippen LogP contribution in [0.1, 0.15) is 54.9 Å². The van der Waals surface area contributed by atoms with Gasteiger partial charge >= 0.3 is 5.97 Å². The minimum atomic E-state index is -0.842. The summed E-state index contributed by atoms with van der Waals surface area (Å²) >= 11 is 0. The molecule has 0 aromatic carbocycles. The second kappa shape index (κ2) is 13.9. The molecule has 0 aliphatic heterocycles. The highest BCUT2D eigenvalue weighted by Crippen LogP contribution is 1.99. The van der Waals surface area contributed by atoms with Gasteiger partial charge in [0.15, 0.2) is 0 Å². The minimum absolute atomic E-state index is 0. The zero-order valence-corrected chi connectivity index (χ0v) is 8.25. The van der Waals surface area contributed by atoms with Crippen molar-refractivity contribution in [2.45, 2.75) is 54.9 Å². The number of amides is 1. The molecule has 0 saturated heterocycles. The van der Waals surface area contributed by atoms with Gasteiger partial charge in [0, 0.05) is 26.4 Å². The summed E-state index contributed by atoms with van der Waals surface area (Å²) in [5, 5.41) is 8.34. The smallest absolute Gasteiger partial charge is 0.303 e. The van der Waals surface area contributed by atoms with Crippen molar-refractivity contribution in [1.82, 2.24) is 4.90 Å². The molecule has 4 nitrogen and oxygen atoms in total. The summed E-state index contributed by atoms with van der Waals surface area (Å²) in [5.74, 6) is -0.811. The van der Waals surface area contributed by atoms with Crippen LogP contribution < -0.4 is 0 Å². The monoisotopic (exact) mass is 235 g/mol. The van der Waals surface area contributed by atoms with Crippen LogP contribution in [0, 0.1) is 0 Å². The molecule has 4 heteroatoms. The third kappa shape index (κ3) is 12.9. The van der Waals surface area contributed by atoms with Crippen LogP contribution in [0.3, 0.4) is 0 Å². The summed E-state index contributed by atoms with van der Waals surface area (Å²) < 4.78 is 0. The van der Waals surface area contributed by atoms with Crippen LogP contribution in [0.4, 0.5) is 0 Å². The van der Waals surface area contributed by atoms with Crippen LogP contribution in [-0.4, -0.2) is 35.5 Å². The Hall–Kier alpha value is -1.06. The quantitative estimate of drug-likeness (QED) is 0.770. The predicted molar refractivity (Wildman–Crippen MR) is 69.6 cm³/mol. The van der Waals surface area contributed by atoms with Crippen molar-refractivity contribution in [3.8, 4) is 0 Å². The fourth-order valence-electron chi connectivity index (χ4n) is 1.04. The highest BCUT2D eigenvalue weighted by molar-refractivity contribution is 5.76. The van der Waals surface area contributed by atoms with Crippen LogP contribution in [0.15, 0.2) is 0 Å². The maximum atomic E-state index is 11.2. The molecule has 0 aliphatic rings. The molecule has 0 radical (unpaired) electrons. The van der Waals surface area contributed by atoms with E-state index in [0.717, 1.165) is 13.0 Å². The second-order valence-electron chi connectivity index (χ2n) is 3.06. The minimum Gasteiger partial charge on any atom is -0.481 e. The van der Waals surface area contributed by atoms with E-state index in [1.807, 2.05) is 6.92 Å². The SMILES string of the molecule is C.C.C.CCCN(C)C(=O)CCCC(=O)O. The number of carboxylic acids is 1. The molecule has 1 amide bonds. The maximum absolute atomic E-state index is 11.2. The van der Waals surface area contributed by atoms with E-state index in [-0.39, 0.29) is 34.6 Å². The number of rotatable bonds is 6. The number of aliphatic carboxylic acids is 1. The fourth-order valence-corrected chi connectivity index (χ4v) is 1.04. The summed E-state index contributed by atoms with van der Waals surface area (Å²) in [4.78, 5) is 23.0. The first-order chi connectivity index (χ1) is 6.07. The second-order valence-corrected chi connectivity index (χ2v) is 3.06. The van der Waals surface area contributed by atoms with E-state index in [9.17, 15) is 9.59 Å². The highest BCUT2D eigenvalue weighted by Gasteiger charge is 2.07. The number of hydrogen-bond acceptors (Lipinski definition) is 2. The Morgan fingerprint density at radius 2 is 1.62 bits per heavy atom. The number of carbonyl (C=O) groups is 2. The standard InChI is InChI=1S/C9H17NO3.3CH4/c1-3-7-10(2)8(11)5-4-6-9(12)13;;;/h3-7H2,1-2H3,(H,12,13);3*1H4. The Kier molecular flexibility index (Phi) is 21.1. The van der Waals surface area contributed by atoms with Crippen molar-refractivity contribution in [3.05, 3.63) is 0 Å². The van der Waals surface area contributed by atoms with E-state index >= 15 is 0 Å². The number of nitrogens with zero attached hydrogens (tertiary/aromatic N) is 1. The van der Waals surface area contributed by atoms with E-state index in [1.54, 1.807) is 11.9 Å². The zero-order valence-electron chi connectivity index (χ0n) is 8.25. The highest BCUT2D eigenvalue weighted by atomic mass is 16.4. The van der Waals surface area contributed by atoms with Crippen LogP contribution in [0.25, 0.3) is 0 Å². The van der Waals surface area contributed by atoms with Crippen molar-refractivity contribution in [2.75, 3.05) is 13.6 Å². The third-order valence-electron chi connectivity index (χ3n) is 1.77. The summed E-state index contributed by atoms with van der Waals surface area (Å²) in [6.45, 7) is 2.74. The van der Waals surface area contributed by atoms with Gasteiger partial charge in [0.05, 0.1) is 0 Å². The lowest BCUT2D eigenvalue weighted by Crippen LogP contribution is -2.27. The molecule has 0 bridgehead atoms. The van der Waals surface area contributed by atoms with E-state index in [4.69, 9.17) is 5.11 Å². The molecule has 0 aliphatic carbocycles. The molecule has 1 N–H and O–H groups in total. The first-order valence-corrected chi connectivity index (χ1v) is 4.53. The van der Waals surface area contributed by atoms with E-state index in [2.05, 4.69) is 0 Å². The van der Waals surface area contributed by atoms with E-state index < -0.39 is 5.97 Å². The largest absolute Gasteiger partial charge is 0.481 e. The molecule has 0 unspecified atom stereocenters. The zero-order chi connectivity index (χ0) is 10.3. The molecule has 0 rings (SSSR count). The van der Waals surface area contributed by atoms with Crippen molar-refractivity contribution < 1.29 is 14.7 Å². The lowest BCUT2D eigenvalue weighted by atomic mass is 10.2. The molecule has 16 heavy (non-hydrogen) atoms. The van der Waals surface area contributed by atoms with Gasteiger partial charge in [-0.2, -0.15) is 0 Å². The van der Waals surface area contributed by atoms with Crippen molar-refractivity contribution in [1.29, 1.82) is 0 Å². The summed E-state index contributed by atoms with van der Waals surface area (Å²) in [6.07, 6.45) is 1.78. The summed E-state index contributed by atoms with van der Waals surface area (Å²) in [7, 11) is 1.74. The topological polar surface area (TPSA) is 57.6 Å². The molecular formula is C12H29NO3. The number of carboxylic acid groups (broad SMARTS) is 1. The van der Waals surface area contributed by atoms with Gasteiger partial charge in [-0.25, -0.2) is 0 Å². The van der Waals surface area contributed by atoms with Gasteiger partial charge < -0.3 is 10.0 Å². The predicted octanol–water partition coefficient (Wildman–Crippen LogP) is 3.02. The molecule has 0 aromatic rings. The van der Waals surface area contributed by atoms with Gasteiger partial charge in [-0.1, -0.05) is 29.2 Å². The van der Waals surface area contributed by atoms with Gasteiger partial charge in [-0.05, 0) is 12.8 Å². The molecule has 0 atom stereocenters. The van der Waals surface area contributed by atoms with Crippen LogP contribution in [0.5, 0.6) is 0 Å². The molecule has 0 saturated carbocycles. The fraction of sp³-hybridized carbons (Fsp3) is 0.833. The number of carbonyl (C=O) groups excluding carboxylic acids is 1. The van der Waals surface area contributed by atoms with E-state index in [0.29, 0.717) is 12.8 Å². The Morgan fingerprint density at radius 1 is 1.12 bits per heavy atom. The van der Waals surface area contributed by atoms with Crippen molar-refractivity contribution in [3.63, 3.8) is 0 Å². The van der Waals surface area contributed by atoms with Crippen LogP contribution in [0.2, 0.25) is 0 Å². The Balaban J connectivity index is -0.000000240. The average Bonchev–Trinajstić information content (AvgIpc) is 2.04. The maximum Gasteiger partial charge on any atom is 0.303 e. The van der Waals surface area contributed by atoms with Gasteiger partial charge in [-0.3, -0.25) is 9.59 Å². The summed E-state index contributed by atoms with van der Waals surface area (Å²) in [6, 6.07) is 0. The van der Waals surface area contributed by atoms with Gasteiger partial charge in [0.2, 0.25) is 5.91 Å². The molecule has 100 valence electrons. The molecular weight excluding hydrogens is 206 g/mol. The molecule has 0 heterocycles. The van der Waals surface area contributed by atoms with Crippen molar-refractivity contribution in [2.24, 2.45) is 0 Å². The van der Waals surface area contributed by atoms with Gasteiger partial charge in [0.25, 0.3) is 0 Å². The Bertz CT molecular complexity index is 181. The third-order valence-corrected chi connectivity index (χ3v) is 1.77. The van der Waals surface area contributed by atoms with Gasteiger partial charge in [0.1, 0.15) is 0 Å². The lowest BCUT2D eigenvalue weighted by Gasteiger charge is -2.15.